The summed E-state index contributed by atoms with van der Waals surface area (Å²) in [6.07, 6.45) is 1.93. The lowest BCUT2D eigenvalue weighted by Crippen LogP contribution is -2.52. The van der Waals surface area contributed by atoms with Crippen molar-refractivity contribution in [2.24, 2.45) is 7.05 Å². The van der Waals surface area contributed by atoms with Crippen LogP contribution in [-0.4, -0.2) is 47.8 Å². The summed E-state index contributed by atoms with van der Waals surface area (Å²) in [6.45, 7) is 0. The smallest absolute Gasteiger partial charge is 0.256 e. The Morgan fingerprint density at radius 1 is 1.12 bits per heavy atom. The van der Waals surface area contributed by atoms with Gasteiger partial charge in [-0.3, -0.25) is 20.4 Å². The molecule has 3 N–H and O–H groups in total. The fourth-order valence-electron chi connectivity index (χ4n) is 3.11. The van der Waals surface area contributed by atoms with E-state index in [1.807, 2.05) is 30.5 Å². The first kappa shape index (κ1) is 24.7. The zero-order chi connectivity index (χ0) is 24.0. The lowest BCUT2D eigenvalue weighted by Gasteiger charge is -2.18. The molecule has 0 fully saturated rings. The van der Waals surface area contributed by atoms with Crippen molar-refractivity contribution < 1.29 is 22.4 Å². The Morgan fingerprint density at radius 2 is 1.82 bits per heavy atom. The fraction of sp³-hybridized carbons (Fsp3) is 0.286. The molecular formula is C21H24FN5O4S2. The first-order chi connectivity index (χ1) is 15.7. The predicted molar refractivity (Wildman–Crippen MR) is 124 cm³/mol. The van der Waals surface area contributed by atoms with E-state index in [2.05, 4.69) is 20.6 Å². The van der Waals surface area contributed by atoms with Gasteiger partial charge in [0.15, 0.2) is 0 Å². The van der Waals surface area contributed by atoms with E-state index in [0.29, 0.717) is 11.6 Å². The van der Waals surface area contributed by atoms with Gasteiger partial charge in [0.25, 0.3) is 5.91 Å². The second-order valence-electron chi connectivity index (χ2n) is 7.20. The van der Waals surface area contributed by atoms with Gasteiger partial charge >= 0.3 is 0 Å². The minimum atomic E-state index is -4.07. The van der Waals surface area contributed by atoms with Crippen molar-refractivity contribution in [3.05, 3.63) is 60.2 Å². The van der Waals surface area contributed by atoms with E-state index >= 15 is 0 Å². The second kappa shape index (κ2) is 10.8. The third kappa shape index (κ3) is 6.30. The zero-order valence-electron chi connectivity index (χ0n) is 18.0. The molecule has 1 atom stereocenters. The molecule has 0 aliphatic heterocycles. The number of amides is 2. The van der Waals surface area contributed by atoms with Crippen LogP contribution < -0.4 is 15.6 Å². The molecule has 0 saturated heterocycles. The maximum Gasteiger partial charge on any atom is 0.256 e. The largest absolute Gasteiger partial charge is 0.331 e. The molecule has 2 aromatic carbocycles. The number of aromatic nitrogens is 2. The number of hydrogen-bond donors (Lipinski definition) is 3. The average Bonchev–Trinajstić information content (AvgIpc) is 3.10. The number of nitrogens with one attached hydrogen (secondary N) is 3. The highest BCUT2D eigenvalue weighted by Gasteiger charge is 2.26. The first-order valence-electron chi connectivity index (χ1n) is 9.97. The van der Waals surface area contributed by atoms with Crippen LogP contribution in [0.15, 0.2) is 53.4 Å². The summed E-state index contributed by atoms with van der Waals surface area (Å²) in [7, 11) is -2.28. The molecule has 3 rings (SSSR count). The minimum absolute atomic E-state index is 0.0811. The lowest BCUT2D eigenvalue weighted by molar-refractivity contribution is -0.129. The van der Waals surface area contributed by atoms with Crippen LogP contribution in [0, 0.1) is 5.82 Å². The molecule has 0 saturated carbocycles. The summed E-state index contributed by atoms with van der Waals surface area (Å²) < 4.78 is 42.4. The van der Waals surface area contributed by atoms with Crippen LogP contribution in [0.25, 0.3) is 11.0 Å². The van der Waals surface area contributed by atoms with Crippen molar-refractivity contribution in [1.82, 2.24) is 25.1 Å². The molecule has 176 valence electrons. The van der Waals surface area contributed by atoms with Gasteiger partial charge in [-0.25, -0.2) is 17.8 Å². The highest BCUT2D eigenvalue weighted by atomic mass is 32.2. The molecule has 12 heteroatoms. The number of hydrazine groups is 1. The van der Waals surface area contributed by atoms with Crippen molar-refractivity contribution >= 4 is 44.6 Å². The van der Waals surface area contributed by atoms with Crippen LogP contribution in [0.3, 0.4) is 0 Å². The van der Waals surface area contributed by atoms with Crippen LogP contribution in [-0.2, 0) is 33.1 Å². The number of carbonyl (C=O) groups excluding carboxylic acids is 2. The van der Waals surface area contributed by atoms with Crippen molar-refractivity contribution in [3.63, 3.8) is 0 Å². The SMILES string of the molecule is CSCCC(NS(=O)(=O)c1ccc(F)cc1)C(=O)NNC(=O)Cc1nc2ccccc2n1C. The molecule has 3 aromatic rings. The summed E-state index contributed by atoms with van der Waals surface area (Å²) >= 11 is 1.44. The Morgan fingerprint density at radius 3 is 2.48 bits per heavy atom. The fourth-order valence-corrected chi connectivity index (χ4v) is 4.81. The number of rotatable bonds is 9. The molecule has 0 bridgehead atoms. The number of nitrogens with zero attached hydrogens (tertiary/aromatic N) is 2. The highest BCUT2D eigenvalue weighted by molar-refractivity contribution is 7.98. The summed E-state index contributed by atoms with van der Waals surface area (Å²) in [5, 5.41) is 0. The third-order valence-electron chi connectivity index (χ3n) is 4.87. The second-order valence-corrected chi connectivity index (χ2v) is 9.90. The number of benzene rings is 2. The van der Waals surface area contributed by atoms with E-state index in [0.717, 1.165) is 35.3 Å². The number of halogens is 1. The number of hydrogen-bond acceptors (Lipinski definition) is 6. The van der Waals surface area contributed by atoms with Crippen LogP contribution in [0.5, 0.6) is 0 Å². The van der Waals surface area contributed by atoms with Crippen LogP contribution >= 0.6 is 11.8 Å². The maximum atomic E-state index is 13.1. The number of aryl methyl sites for hydroxylation is 1. The molecule has 1 aromatic heterocycles. The van der Waals surface area contributed by atoms with Gasteiger partial charge in [0.2, 0.25) is 15.9 Å². The molecule has 33 heavy (non-hydrogen) atoms. The average molecular weight is 494 g/mol. The molecule has 1 unspecified atom stereocenters. The van der Waals surface area contributed by atoms with Gasteiger partial charge in [-0.1, -0.05) is 12.1 Å². The quantitative estimate of drug-likeness (QED) is 0.389. The maximum absolute atomic E-state index is 13.1. The van der Waals surface area contributed by atoms with Crippen LogP contribution in [0.1, 0.15) is 12.2 Å². The van der Waals surface area contributed by atoms with Gasteiger partial charge in [-0.15, -0.1) is 0 Å². The molecule has 0 aliphatic carbocycles. The summed E-state index contributed by atoms with van der Waals surface area (Å²) in [4.78, 5) is 29.2. The molecule has 0 radical (unpaired) electrons. The molecule has 9 nitrogen and oxygen atoms in total. The third-order valence-corrected chi connectivity index (χ3v) is 7.00. The van der Waals surface area contributed by atoms with E-state index in [9.17, 15) is 22.4 Å². The van der Waals surface area contributed by atoms with Gasteiger partial charge in [0.05, 0.1) is 22.3 Å². The number of carbonyl (C=O) groups is 2. The molecule has 0 aliphatic rings. The number of sulfonamides is 1. The monoisotopic (exact) mass is 493 g/mol. The number of imidazole rings is 1. The standard InChI is InChI=1S/C21H24FN5O4S2/c1-27-18-6-4-3-5-16(18)23-19(27)13-20(28)24-25-21(29)17(11-12-32-2)26-33(30,31)15-9-7-14(22)8-10-15/h3-10,17,26H,11-13H2,1-2H3,(H,24,28)(H,25,29). The number of fused-ring (bicyclic) bond motifs is 1. The number of thioether (sulfide) groups is 1. The van der Waals surface area contributed by atoms with Crippen molar-refractivity contribution in [2.45, 2.75) is 23.8 Å². The van der Waals surface area contributed by atoms with Crippen molar-refractivity contribution in [1.29, 1.82) is 0 Å². The predicted octanol–water partition coefficient (Wildman–Crippen LogP) is 1.50. The van der Waals surface area contributed by atoms with E-state index in [1.54, 1.807) is 11.6 Å². The lowest BCUT2D eigenvalue weighted by atomic mass is 10.2. The normalized spacial score (nSPS) is 12.5. The van der Waals surface area contributed by atoms with Gasteiger partial charge in [0, 0.05) is 7.05 Å². The Kier molecular flexibility index (Phi) is 8.06. The van der Waals surface area contributed by atoms with Crippen LogP contribution in [0.2, 0.25) is 0 Å². The summed E-state index contributed by atoms with van der Waals surface area (Å²) in [5.41, 5.74) is 6.21. The summed E-state index contributed by atoms with van der Waals surface area (Å²) in [5.74, 6) is -0.787. The van der Waals surface area contributed by atoms with Crippen molar-refractivity contribution in [2.75, 3.05) is 12.0 Å². The summed E-state index contributed by atoms with van der Waals surface area (Å²) in [6, 6.07) is 10.6. The van der Waals surface area contributed by atoms with E-state index in [-0.39, 0.29) is 17.7 Å². The Balaban J connectivity index is 1.63. The van der Waals surface area contributed by atoms with Gasteiger partial charge in [-0.2, -0.15) is 16.5 Å². The Labute approximate surface area is 195 Å². The molecule has 1 heterocycles. The van der Waals surface area contributed by atoms with Crippen molar-refractivity contribution in [3.8, 4) is 0 Å². The zero-order valence-corrected chi connectivity index (χ0v) is 19.7. The molecule has 0 spiro atoms. The van der Waals surface area contributed by atoms with Gasteiger partial charge in [-0.05, 0) is 54.8 Å². The van der Waals surface area contributed by atoms with E-state index in [1.165, 1.54) is 11.8 Å². The van der Waals surface area contributed by atoms with Gasteiger partial charge in [0.1, 0.15) is 17.7 Å². The molecular weight excluding hydrogens is 469 g/mol. The van der Waals surface area contributed by atoms with Crippen LogP contribution in [0.4, 0.5) is 4.39 Å². The van der Waals surface area contributed by atoms with E-state index < -0.39 is 33.7 Å². The molecule has 2 amide bonds. The Hall–Kier alpha value is -2.96. The minimum Gasteiger partial charge on any atom is -0.331 e. The number of para-hydroxylation sites is 2. The first-order valence-corrected chi connectivity index (χ1v) is 12.8. The highest BCUT2D eigenvalue weighted by Crippen LogP contribution is 2.15. The van der Waals surface area contributed by atoms with E-state index in [4.69, 9.17) is 0 Å². The topological polar surface area (TPSA) is 122 Å². The Bertz CT molecular complexity index is 1250. The van der Waals surface area contributed by atoms with Gasteiger partial charge < -0.3 is 4.57 Å².